The van der Waals surface area contributed by atoms with E-state index in [-0.39, 0.29) is 16.2 Å². The quantitative estimate of drug-likeness (QED) is 0.115. The summed E-state index contributed by atoms with van der Waals surface area (Å²) in [6, 6.07) is 172. The molecule has 0 fully saturated rings. The van der Waals surface area contributed by atoms with Gasteiger partial charge in [0, 0.05) is 16.2 Å². The van der Waals surface area contributed by atoms with Gasteiger partial charge in [-0.1, -0.05) is 490 Å². The van der Waals surface area contributed by atoms with Gasteiger partial charge in [-0.3, -0.25) is 0 Å². The minimum Gasteiger partial charge on any atom is -0.0622 e. The zero-order chi connectivity index (χ0) is 91.3. The number of rotatable bonds is 6. The van der Waals surface area contributed by atoms with Crippen LogP contribution in [-0.4, -0.2) is 0 Å². The summed E-state index contributed by atoms with van der Waals surface area (Å²) in [6.45, 7) is 14.4. The van der Waals surface area contributed by atoms with Crippen molar-refractivity contribution in [3.05, 3.63) is 494 Å². The molecule has 3 aliphatic rings. The Morgan fingerprint density at radius 3 is 0.708 bits per heavy atom. The van der Waals surface area contributed by atoms with Crippen LogP contribution in [0.1, 0.15) is 74.9 Å². The minimum absolute atomic E-state index is 0.0862. The Kier molecular flexibility index (Phi) is 17.9. The van der Waals surface area contributed by atoms with Gasteiger partial charge in [0.05, 0.1) is 0 Å². The second kappa shape index (κ2) is 30.7. The Balaban J connectivity index is 0.000000105. The first-order valence-electron chi connectivity index (χ1n) is 48.4. The van der Waals surface area contributed by atoms with E-state index in [0.717, 1.165) is 0 Å². The van der Waals surface area contributed by atoms with Crippen LogP contribution in [0.15, 0.2) is 461 Å². The molecule has 29 rings (SSSR count). The number of hydrogen-bond donors (Lipinski definition) is 0. The van der Waals surface area contributed by atoms with Gasteiger partial charge in [-0.15, -0.1) is 0 Å². The SMILES string of the molecule is CC1(C)c2cccc(-c3c4ccccc4c(-c4cc5ccc6ccccc6c5c5ccccc45)c4ccccc34)c2-c2ccc3ccccc3c21.CC1(C)c2cccc(-c3c4ccccc4c(-c4cc5ccccc5c5ccccc45)c4ccccc34)c2-c2ccc3ccccc3c21.CC1(C)c2cccc(-c3c4ccccc4c(-c4ccccc4)c4ccccc34)c2-c2ccc3ccccc3c21. The maximum atomic E-state index is 2.45. The average Bonchev–Trinajstić information content (AvgIpc) is 1.37. The molecule has 0 bridgehead atoms. The fourth-order valence-corrected chi connectivity index (χ4v) is 25.7. The molecule has 26 aromatic carbocycles. The average molecular weight is 1740 g/mol. The van der Waals surface area contributed by atoms with E-state index in [1.807, 2.05) is 0 Å². The predicted octanol–water partition coefficient (Wildman–Crippen LogP) is 38.1. The Morgan fingerprint density at radius 2 is 0.358 bits per heavy atom. The van der Waals surface area contributed by atoms with Crippen molar-refractivity contribution in [1.82, 2.24) is 0 Å². The lowest BCUT2D eigenvalue weighted by atomic mass is 9.79. The van der Waals surface area contributed by atoms with E-state index in [9.17, 15) is 0 Å². The summed E-state index contributed by atoms with van der Waals surface area (Å²) in [7, 11) is 0. The zero-order valence-electron chi connectivity index (χ0n) is 77.4. The maximum absolute atomic E-state index is 2.45. The van der Waals surface area contributed by atoms with E-state index in [2.05, 4.69) is 503 Å². The van der Waals surface area contributed by atoms with Gasteiger partial charge < -0.3 is 0 Å². The maximum Gasteiger partial charge on any atom is 0.0165 e. The van der Waals surface area contributed by atoms with E-state index in [1.54, 1.807) is 0 Å². The van der Waals surface area contributed by atoms with Crippen molar-refractivity contribution in [1.29, 1.82) is 0 Å². The van der Waals surface area contributed by atoms with Crippen LogP contribution in [-0.2, 0) is 16.2 Å². The van der Waals surface area contributed by atoms with E-state index in [1.165, 1.54) is 284 Å². The van der Waals surface area contributed by atoms with Crippen LogP contribution in [0.4, 0.5) is 0 Å². The van der Waals surface area contributed by atoms with Crippen LogP contribution in [0.5, 0.6) is 0 Å². The lowest BCUT2D eigenvalue weighted by Crippen LogP contribution is -2.15. The van der Waals surface area contributed by atoms with Gasteiger partial charge in [0.15, 0.2) is 0 Å². The van der Waals surface area contributed by atoms with Crippen molar-refractivity contribution in [3.8, 4) is 100 Å². The molecule has 0 N–H and O–H groups in total. The standard InChI is InChI=1S/C51H34.C47H32.C39H28/c1-51(2)45-25-13-24-42(49(45)43-29-28-32-15-4-6-17-35(32)50(43)51)47-38-20-9-11-22-40(38)48(41-23-12-10-21-39(41)47)44-30-33-27-26-31-14-3-5-16-34(31)46(33)37-19-8-7-18-36(37)44;1-47(2)42-25-13-24-39(45(42)40-27-26-29-14-3-6-17-32(29)46(40)47)43-35-20-9-11-22-37(35)44(38-23-12-10-21-36(38)43)41-28-30-15-4-5-16-31(30)33-18-7-8-19-34(33)41;1-39(2)34-22-12-21-32(37(34)33-24-23-25-13-6-7-16-27(25)38(33)39)36-30-19-10-8-17-28(30)35(26-14-4-3-5-15-26)29-18-9-11-20-31(29)36/h3-30H,1-2H3;3-28H,1-2H3;3-24H,1-2H3. The van der Waals surface area contributed by atoms with Crippen molar-refractivity contribution in [2.24, 2.45) is 0 Å². The van der Waals surface area contributed by atoms with Gasteiger partial charge in [0.2, 0.25) is 0 Å². The van der Waals surface area contributed by atoms with E-state index in [4.69, 9.17) is 0 Å². The van der Waals surface area contributed by atoms with Crippen LogP contribution in [0.3, 0.4) is 0 Å². The Hall–Kier alpha value is -16.6. The predicted molar refractivity (Wildman–Crippen MR) is 590 cm³/mol. The molecule has 0 radical (unpaired) electrons. The first-order valence-corrected chi connectivity index (χ1v) is 48.4. The molecule has 0 amide bonds. The second-order valence-electron chi connectivity index (χ2n) is 39.6. The van der Waals surface area contributed by atoms with E-state index >= 15 is 0 Å². The largest absolute Gasteiger partial charge is 0.0622 e. The third-order valence-corrected chi connectivity index (χ3v) is 31.4. The Bertz CT molecular complexity index is 9520. The van der Waals surface area contributed by atoms with Gasteiger partial charge in [0.25, 0.3) is 0 Å². The topological polar surface area (TPSA) is 0 Å². The highest BCUT2D eigenvalue weighted by atomic mass is 14.5. The first kappa shape index (κ1) is 80.0. The monoisotopic (exact) mass is 1740 g/mol. The summed E-state index contributed by atoms with van der Waals surface area (Å²) in [4.78, 5) is 0. The molecular weight excluding hydrogens is 1650 g/mol. The molecule has 0 saturated heterocycles. The second-order valence-corrected chi connectivity index (χ2v) is 39.6. The van der Waals surface area contributed by atoms with Crippen molar-refractivity contribution in [2.75, 3.05) is 0 Å². The Morgan fingerprint density at radius 1 is 0.124 bits per heavy atom. The Labute approximate surface area is 797 Å². The highest BCUT2D eigenvalue weighted by Gasteiger charge is 2.43. The molecule has 642 valence electrons. The highest BCUT2D eigenvalue weighted by molar-refractivity contribution is 6.32. The third-order valence-electron chi connectivity index (χ3n) is 31.4. The molecule has 0 spiro atoms. The van der Waals surface area contributed by atoms with Gasteiger partial charge >= 0.3 is 0 Å². The van der Waals surface area contributed by atoms with Crippen LogP contribution >= 0.6 is 0 Å². The molecule has 0 saturated carbocycles. The van der Waals surface area contributed by atoms with E-state index in [0.29, 0.717) is 0 Å². The fourth-order valence-electron chi connectivity index (χ4n) is 25.7. The van der Waals surface area contributed by atoms with Crippen molar-refractivity contribution in [3.63, 3.8) is 0 Å². The third kappa shape index (κ3) is 11.9. The number of benzene rings is 26. The molecule has 0 aliphatic heterocycles. The molecule has 26 aromatic rings. The summed E-state index contributed by atoms with van der Waals surface area (Å²) in [5, 5.41) is 36.4. The summed E-state index contributed by atoms with van der Waals surface area (Å²) in [5.74, 6) is 0. The van der Waals surface area contributed by atoms with Crippen LogP contribution in [0.25, 0.3) is 251 Å². The molecule has 137 heavy (non-hydrogen) atoms. The van der Waals surface area contributed by atoms with Crippen molar-refractivity contribution in [2.45, 2.75) is 57.8 Å². The van der Waals surface area contributed by atoms with Gasteiger partial charge in [-0.2, -0.15) is 0 Å². The summed E-state index contributed by atoms with van der Waals surface area (Å²) < 4.78 is 0. The summed E-state index contributed by atoms with van der Waals surface area (Å²) in [5.41, 5.74) is 32.0. The molecule has 0 unspecified atom stereocenters. The molecular formula is C137H94. The summed E-state index contributed by atoms with van der Waals surface area (Å²) >= 11 is 0. The molecule has 0 aromatic heterocycles. The molecule has 0 nitrogen and oxygen atoms in total. The fraction of sp³-hybridized carbons (Fsp3) is 0.0657. The zero-order valence-corrected chi connectivity index (χ0v) is 77.4. The first-order chi connectivity index (χ1) is 67.3. The highest BCUT2D eigenvalue weighted by Crippen LogP contribution is 2.62. The van der Waals surface area contributed by atoms with Crippen LogP contribution in [0.2, 0.25) is 0 Å². The van der Waals surface area contributed by atoms with Gasteiger partial charge in [-0.05, 0) is 296 Å². The lowest BCUT2D eigenvalue weighted by Gasteiger charge is -2.24. The number of fused-ring (bicyclic) bond motifs is 29. The van der Waals surface area contributed by atoms with E-state index < -0.39 is 0 Å². The minimum atomic E-state index is -0.124. The molecule has 3 aliphatic carbocycles. The van der Waals surface area contributed by atoms with Gasteiger partial charge in [0.1, 0.15) is 0 Å². The van der Waals surface area contributed by atoms with Crippen molar-refractivity contribution < 1.29 is 0 Å². The van der Waals surface area contributed by atoms with Crippen molar-refractivity contribution >= 4 is 151 Å². The molecule has 0 atom stereocenters. The summed E-state index contributed by atoms with van der Waals surface area (Å²) in [6.07, 6.45) is 0. The number of hydrogen-bond acceptors (Lipinski definition) is 0. The molecule has 0 heterocycles. The lowest BCUT2D eigenvalue weighted by molar-refractivity contribution is 0.666. The normalized spacial score (nSPS) is 13.5. The van der Waals surface area contributed by atoms with Crippen LogP contribution in [0, 0.1) is 0 Å². The smallest absolute Gasteiger partial charge is 0.0165 e. The molecule has 0 heteroatoms. The van der Waals surface area contributed by atoms with Crippen LogP contribution < -0.4 is 0 Å². The van der Waals surface area contributed by atoms with Gasteiger partial charge in [-0.25, -0.2) is 0 Å².